The van der Waals surface area contributed by atoms with E-state index in [0.29, 0.717) is 18.4 Å². The summed E-state index contributed by atoms with van der Waals surface area (Å²) in [6.45, 7) is 5.33. The molecule has 16 heteroatoms. The molecular weight excluding hydrogens is 602 g/mol. The third kappa shape index (κ3) is 11.8. The molecule has 0 radical (unpaired) electrons. The van der Waals surface area contributed by atoms with E-state index in [1.54, 1.807) is 12.1 Å². The van der Waals surface area contributed by atoms with Gasteiger partial charge in [0, 0.05) is 19.5 Å². The highest BCUT2D eigenvalue weighted by atomic mass is 16.4. The normalized spacial score (nSPS) is 17.7. The number of phenols is 1. The summed E-state index contributed by atoms with van der Waals surface area (Å²) in [6, 6.07) is -0.523. The van der Waals surface area contributed by atoms with Crippen molar-refractivity contribution in [3.8, 4) is 5.75 Å². The van der Waals surface area contributed by atoms with Crippen molar-refractivity contribution in [3.63, 3.8) is 0 Å². The first-order chi connectivity index (χ1) is 21.6. The molecule has 0 aliphatic carbocycles. The summed E-state index contributed by atoms with van der Waals surface area (Å²) in [6.07, 6.45) is 0.0921. The number of benzene rings is 1. The highest BCUT2D eigenvalue weighted by molar-refractivity contribution is 5.96. The van der Waals surface area contributed by atoms with Gasteiger partial charge in [-0.05, 0) is 62.6 Å². The molecule has 6 amide bonds. The zero-order valence-electron chi connectivity index (χ0n) is 26.4. The van der Waals surface area contributed by atoms with E-state index in [-0.39, 0.29) is 50.4 Å². The third-order valence-corrected chi connectivity index (χ3v) is 7.54. The summed E-state index contributed by atoms with van der Waals surface area (Å²) in [7, 11) is 0. The molecule has 0 spiro atoms. The Morgan fingerprint density at radius 1 is 0.978 bits per heavy atom. The first kappa shape index (κ1) is 37.7. The maximum Gasteiger partial charge on any atom is 0.328 e. The molecule has 1 aromatic rings. The fourth-order valence-corrected chi connectivity index (χ4v) is 5.13. The summed E-state index contributed by atoms with van der Waals surface area (Å²) in [4.78, 5) is 77.2. The fraction of sp³-hybridized carbons (Fsp3) is 0.600. The predicted octanol–water partition coefficient (Wildman–Crippen LogP) is -1.33. The number of nitrogens with zero attached hydrogens (tertiary/aromatic N) is 1. The number of rotatable bonds is 17. The fourth-order valence-electron chi connectivity index (χ4n) is 5.13. The van der Waals surface area contributed by atoms with E-state index in [9.17, 15) is 44.1 Å². The van der Waals surface area contributed by atoms with Gasteiger partial charge in [-0.1, -0.05) is 26.0 Å². The molecule has 11 N–H and O–H groups in total. The lowest BCUT2D eigenvalue weighted by Gasteiger charge is -2.31. The van der Waals surface area contributed by atoms with Gasteiger partial charge in [-0.25, -0.2) is 9.59 Å². The minimum Gasteiger partial charge on any atom is -0.508 e. The van der Waals surface area contributed by atoms with Crippen molar-refractivity contribution in [3.05, 3.63) is 29.8 Å². The lowest BCUT2D eigenvalue weighted by molar-refractivity contribution is -0.147. The molecule has 0 bridgehead atoms. The minimum absolute atomic E-state index is 0.00105. The standard InChI is InChI=1S/C30H47N7O9/c1-16(2)14-22(28(43)37-13-5-7-23(37)27(42)36-24(17(3)38)29(44)45)35-26(41)21(15-18-8-10-19(39)11-9-18)34-25(40)20(31)6-4-12-33-30(32)46/h8-11,16-17,20-24,38-39H,4-7,12-15,31H2,1-3H3,(H,34,40)(H,35,41)(H,36,42)(H,44,45)(H3,32,33,46)/t17-,20+,21+,22+,23+,24+/m1/s1. The van der Waals surface area contributed by atoms with Crippen LogP contribution in [-0.2, 0) is 30.4 Å². The lowest BCUT2D eigenvalue weighted by Crippen LogP contribution is -2.59. The number of carboxylic acids is 1. The second kappa shape index (κ2) is 17.9. The Hall–Kier alpha value is -4.44. The minimum atomic E-state index is -1.56. The molecule has 0 aromatic heterocycles. The van der Waals surface area contributed by atoms with Crippen LogP contribution in [0.4, 0.5) is 4.79 Å². The molecular formula is C30H47N7O9. The number of aliphatic hydroxyl groups excluding tert-OH is 1. The van der Waals surface area contributed by atoms with Gasteiger partial charge < -0.3 is 53.0 Å². The summed E-state index contributed by atoms with van der Waals surface area (Å²) in [5.74, 6) is -4.06. The van der Waals surface area contributed by atoms with Crippen molar-refractivity contribution in [2.24, 2.45) is 17.4 Å². The number of aliphatic hydroxyl groups is 1. The van der Waals surface area contributed by atoms with Crippen molar-refractivity contribution in [2.45, 2.75) is 95.6 Å². The average molecular weight is 650 g/mol. The second-order valence-corrected chi connectivity index (χ2v) is 11.9. The first-order valence-electron chi connectivity index (χ1n) is 15.3. The lowest BCUT2D eigenvalue weighted by atomic mass is 10.00. The van der Waals surface area contributed by atoms with Crippen LogP contribution in [0, 0.1) is 5.92 Å². The Balaban J connectivity index is 2.24. The average Bonchev–Trinajstić information content (AvgIpc) is 3.47. The van der Waals surface area contributed by atoms with E-state index < -0.39 is 71.9 Å². The molecule has 6 atom stereocenters. The van der Waals surface area contributed by atoms with E-state index >= 15 is 0 Å². The van der Waals surface area contributed by atoms with Crippen molar-refractivity contribution in [1.29, 1.82) is 0 Å². The predicted molar refractivity (Wildman–Crippen MR) is 166 cm³/mol. The maximum atomic E-state index is 13.8. The Morgan fingerprint density at radius 2 is 1.61 bits per heavy atom. The number of carbonyl (C=O) groups excluding carboxylic acids is 5. The molecule has 2 rings (SSSR count). The number of phenolic OH excluding ortho intramolecular Hbond substituents is 1. The first-order valence-corrected chi connectivity index (χ1v) is 15.3. The summed E-state index contributed by atoms with van der Waals surface area (Å²) in [5.41, 5.74) is 11.7. The van der Waals surface area contributed by atoms with Crippen LogP contribution in [0.25, 0.3) is 0 Å². The number of aliphatic carboxylic acids is 1. The number of likely N-dealkylation sites (tertiary alicyclic amines) is 1. The van der Waals surface area contributed by atoms with Gasteiger partial charge in [-0.15, -0.1) is 0 Å². The van der Waals surface area contributed by atoms with Crippen LogP contribution in [-0.4, -0.2) is 105 Å². The molecule has 1 aromatic carbocycles. The van der Waals surface area contributed by atoms with Gasteiger partial charge in [-0.3, -0.25) is 19.2 Å². The van der Waals surface area contributed by atoms with Gasteiger partial charge in [0.2, 0.25) is 23.6 Å². The number of carbonyl (C=O) groups is 6. The number of urea groups is 1. The Labute approximate surface area is 267 Å². The maximum absolute atomic E-state index is 13.8. The zero-order chi connectivity index (χ0) is 34.6. The highest BCUT2D eigenvalue weighted by Crippen LogP contribution is 2.21. The number of amides is 6. The molecule has 0 unspecified atom stereocenters. The topological polar surface area (TPSA) is 267 Å². The van der Waals surface area contributed by atoms with E-state index in [4.69, 9.17) is 11.5 Å². The molecule has 1 saturated heterocycles. The van der Waals surface area contributed by atoms with Crippen molar-refractivity contribution in [2.75, 3.05) is 13.1 Å². The van der Waals surface area contributed by atoms with Gasteiger partial charge in [0.1, 0.15) is 23.9 Å². The number of hydrogen-bond donors (Lipinski definition) is 9. The second-order valence-electron chi connectivity index (χ2n) is 11.9. The van der Waals surface area contributed by atoms with E-state index in [1.807, 2.05) is 13.8 Å². The van der Waals surface area contributed by atoms with Crippen LogP contribution in [0.2, 0.25) is 0 Å². The summed E-state index contributed by atoms with van der Waals surface area (Å²) < 4.78 is 0. The van der Waals surface area contributed by atoms with Gasteiger partial charge in [0.25, 0.3) is 0 Å². The molecule has 1 heterocycles. The molecule has 1 fully saturated rings. The number of carboxylic acid groups (broad SMARTS) is 1. The largest absolute Gasteiger partial charge is 0.508 e. The van der Waals surface area contributed by atoms with Crippen LogP contribution in [0.3, 0.4) is 0 Å². The number of nitrogens with one attached hydrogen (secondary N) is 4. The quantitative estimate of drug-likeness (QED) is 0.0897. The van der Waals surface area contributed by atoms with Gasteiger partial charge in [-0.2, -0.15) is 0 Å². The Kier molecular flexibility index (Phi) is 14.7. The van der Waals surface area contributed by atoms with Crippen LogP contribution in [0.5, 0.6) is 5.75 Å². The Morgan fingerprint density at radius 3 is 2.17 bits per heavy atom. The number of aromatic hydroxyl groups is 1. The zero-order valence-corrected chi connectivity index (χ0v) is 26.4. The van der Waals surface area contributed by atoms with Gasteiger partial charge >= 0.3 is 12.0 Å². The van der Waals surface area contributed by atoms with Crippen LogP contribution >= 0.6 is 0 Å². The summed E-state index contributed by atoms with van der Waals surface area (Å²) >= 11 is 0. The molecule has 256 valence electrons. The van der Waals surface area contributed by atoms with Crippen LogP contribution in [0.15, 0.2) is 24.3 Å². The van der Waals surface area contributed by atoms with Gasteiger partial charge in [0.15, 0.2) is 6.04 Å². The van der Waals surface area contributed by atoms with Crippen LogP contribution in [0.1, 0.15) is 58.4 Å². The molecule has 46 heavy (non-hydrogen) atoms. The molecule has 16 nitrogen and oxygen atoms in total. The van der Waals surface area contributed by atoms with E-state index in [2.05, 4.69) is 21.3 Å². The summed E-state index contributed by atoms with van der Waals surface area (Å²) in [5, 5.41) is 38.9. The van der Waals surface area contributed by atoms with E-state index in [1.165, 1.54) is 24.0 Å². The number of hydrogen-bond acceptors (Lipinski definition) is 9. The Bertz CT molecular complexity index is 1230. The monoisotopic (exact) mass is 649 g/mol. The van der Waals surface area contributed by atoms with E-state index in [0.717, 1.165) is 0 Å². The highest BCUT2D eigenvalue weighted by Gasteiger charge is 2.40. The number of nitrogens with two attached hydrogens (primary N) is 2. The van der Waals surface area contributed by atoms with Gasteiger partial charge in [0.05, 0.1) is 12.1 Å². The molecule has 1 aliphatic rings. The van der Waals surface area contributed by atoms with Crippen molar-refractivity contribution in [1.82, 2.24) is 26.2 Å². The number of primary amides is 1. The smallest absolute Gasteiger partial charge is 0.328 e. The molecule has 0 saturated carbocycles. The van der Waals surface area contributed by atoms with Crippen molar-refractivity contribution >= 4 is 35.6 Å². The van der Waals surface area contributed by atoms with Crippen molar-refractivity contribution < 1.29 is 44.1 Å². The van der Waals surface area contributed by atoms with Crippen LogP contribution < -0.4 is 32.7 Å². The third-order valence-electron chi connectivity index (χ3n) is 7.54. The molecule has 1 aliphatic heterocycles. The SMILES string of the molecule is CC(C)C[C@H](NC(=O)[C@H](Cc1ccc(O)cc1)NC(=O)[C@@H](N)CCCNC(N)=O)C(=O)N1CCC[C@H]1C(=O)N[C@H](C(=O)O)[C@@H](C)O.